The van der Waals surface area contributed by atoms with Crippen molar-refractivity contribution in [3.63, 3.8) is 0 Å². The maximum Gasteiger partial charge on any atom is 0.212 e. The van der Waals surface area contributed by atoms with E-state index >= 15 is 0 Å². The fraction of sp³-hybridized carbons (Fsp3) is 0.346. The number of aromatic nitrogens is 1. The van der Waals surface area contributed by atoms with E-state index in [1.165, 1.54) is 6.42 Å². The third kappa shape index (κ3) is 3.69. The zero-order valence-corrected chi connectivity index (χ0v) is 16.3. The Morgan fingerprint density at radius 3 is 2.44 bits per heavy atom. The van der Waals surface area contributed by atoms with Gasteiger partial charge in [-0.15, -0.1) is 0 Å². The summed E-state index contributed by atoms with van der Waals surface area (Å²) in [5, 5.41) is 0. The lowest BCUT2D eigenvalue weighted by Gasteiger charge is -2.22. The summed E-state index contributed by atoms with van der Waals surface area (Å²) in [5.74, 6) is -0.532. The van der Waals surface area contributed by atoms with E-state index in [0.717, 1.165) is 59.2 Å². The van der Waals surface area contributed by atoms with Gasteiger partial charge in [0.1, 0.15) is 7.05 Å². The Kier molecular flexibility index (Phi) is 3.90. The van der Waals surface area contributed by atoms with Crippen LogP contribution in [0.5, 0.6) is 0 Å². The Labute approximate surface area is 169 Å². The van der Waals surface area contributed by atoms with Crippen molar-refractivity contribution in [1.82, 2.24) is 0 Å². The predicted octanol–water partition coefficient (Wildman–Crippen LogP) is 6.51. The van der Waals surface area contributed by atoms with Crippen molar-refractivity contribution in [1.29, 1.82) is 0 Å². The highest BCUT2D eigenvalue weighted by atomic mass is 14.9. The van der Waals surface area contributed by atoms with Gasteiger partial charge in [-0.3, -0.25) is 0 Å². The van der Waals surface area contributed by atoms with Crippen molar-refractivity contribution in [2.75, 3.05) is 0 Å². The monoisotopic (exact) mass is 360 g/mol. The number of hydrogen-bond acceptors (Lipinski definition) is 0. The molecule has 3 aromatic rings. The molecule has 1 fully saturated rings. The molecular weight excluding hydrogens is 326 g/mol. The summed E-state index contributed by atoms with van der Waals surface area (Å²) in [6.07, 6.45) is 7.24. The zero-order chi connectivity index (χ0) is 22.2. The average Bonchev–Trinajstić information content (AvgIpc) is 2.74. The minimum Gasteiger partial charge on any atom is -0.201 e. The smallest absolute Gasteiger partial charge is 0.201 e. The van der Waals surface area contributed by atoms with E-state index < -0.39 is 12.7 Å². The molecule has 0 bridgehead atoms. The quantitative estimate of drug-likeness (QED) is 0.469. The summed E-state index contributed by atoms with van der Waals surface area (Å²) in [6, 6.07) is 17.8. The number of nitrogens with zero attached hydrogens (tertiary/aromatic N) is 1. The molecule has 0 saturated heterocycles. The molecule has 2 aromatic carbocycles. The Morgan fingerprint density at radius 1 is 0.926 bits per heavy atom. The molecule has 4 rings (SSSR count). The number of aryl methyl sites for hydroxylation is 3. The molecule has 1 aromatic heterocycles. The minimum absolute atomic E-state index is 0.378. The SMILES string of the molecule is [2H]C([2H])([2H])c1cc(C)c(-c2cc(C3([2H])CCCCC3)cc[n+]2C)cc1-c1ccccc1. The van der Waals surface area contributed by atoms with Crippen LogP contribution in [0.3, 0.4) is 0 Å². The predicted molar refractivity (Wildman–Crippen MR) is 114 cm³/mol. The number of hydrogen-bond donors (Lipinski definition) is 0. The summed E-state index contributed by atoms with van der Waals surface area (Å²) in [7, 11) is 2.01. The Balaban J connectivity index is 1.90. The van der Waals surface area contributed by atoms with Crippen molar-refractivity contribution in [3.8, 4) is 22.4 Å². The van der Waals surface area contributed by atoms with Gasteiger partial charge in [-0.1, -0.05) is 55.7 Å². The first-order valence-corrected chi connectivity index (χ1v) is 9.90. The molecule has 0 N–H and O–H groups in total. The summed E-state index contributed by atoms with van der Waals surface area (Å²) in [6.45, 7) is -0.213. The van der Waals surface area contributed by atoms with Crippen LogP contribution < -0.4 is 4.57 Å². The van der Waals surface area contributed by atoms with Gasteiger partial charge < -0.3 is 0 Å². The topological polar surface area (TPSA) is 3.88 Å². The normalized spacial score (nSPS) is 18.9. The number of rotatable bonds is 3. The summed E-state index contributed by atoms with van der Waals surface area (Å²) in [5.41, 5.74) is 6.03. The molecule has 1 heteroatoms. The third-order valence-corrected chi connectivity index (χ3v) is 5.74. The van der Waals surface area contributed by atoms with E-state index in [-0.39, 0.29) is 0 Å². The summed E-state index contributed by atoms with van der Waals surface area (Å²) >= 11 is 0. The van der Waals surface area contributed by atoms with Gasteiger partial charge in [0.15, 0.2) is 6.20 Å². The van der Waals surface area contributed by atoms with Gasteiger partial charge in [0.05, 0.1) is 0 Å². The van der Waals surface area contributed by atoms with Crippen LogP contribution in [-0.4, -0.2) is 0 Å². The minimum atomic E-state index is -2.19. The lowest BCUT2D eigenvalue weighted by molar-refractivity contribution is -0.660. The fourth-order valence-electron chi connectivity index (χ4n) is 4.16. The highest BCUT2D eigenvalue weighted by Gasteiger charge is 2.21. The van der Waals surface area contributed by atoms with E-state index in [0.29, 0.717) is 5.56 Å². The van der Waals surface area contributed by atoms with Crippen LogP contribution in [0.1, 0.15) is 60.2 Å². The van der Waals surface area contributed by atoms with Crippen LogP contribution >= 0.6 is 0 Å². The van der Waals surface area contributed by atoms with Gasteiger partial charge in [0, 0.05) is 23.2 Å². The van der Waals surface area contributed by atoms with Gasteiger partial charge in [-0.2, -0.15) is 0 Å². The Bertz CT molecular complexity index is 1080. The highest BCUT2D eigenvalue weighted by molar-refractivity contribution is 5.75. The molecule has 1 heterocycles. The maximum absolute atomic E-state index is 9.05. The molecule has 0 unspecified atom stereocenters. The van der Waals surface area contributed by atoms with Gasteiger partial charge in [0.2, 0.25) is 5.69 Å². The van der Waals surface area contributed by atoms with Crippen LogP contribution in [0.4, 0.5) is 0 Å². The Hall–Kier alpha value is -2.41. The number of pyridine rings is 1. The molecule has 1 nitrogen and oxygen atoms in total. The van der Waals surface area contributed by atoms with Crippen LogP contribution in [0.2, 0.25) is 0 Å². The third-order valence-electron chi connectivity index (χ3n) is 5.74. The molecule has 27 heavy (non-hydrogen) atoms. The Morgan fingerprint density at radius 2 is 1.70 bits per heavy atom. The van der Waals surface area contributed by atoms with Crippen molar-refractivity contribution in [2.45, 2.75) is 51.8 Å². The van der Waals surface area contributed by atoms with Crippen LogP contribution in [0.15, 0.2) is 60.8 Å². The van der Waals surface area contributed by atoms with Crippen molar-refractivity contribution in [3.05, 3.63) is 77.5 Å². The molecule has 0 amide bonds. The molecule has 0 spiro atoms. The fourth-order valence-corrected chi connectivity index (χ4v) is 4.16. The van der Waals surface area contributed by atoms with Gasteiger partial charge in [-0.25, -0.2) is 4.57 Å². The first kappa shape index (κ1) is 13.7. The van der Waals surface area contributed by atoms with Crippen molar-refractivity contribution in [2.24, 2.45) is 7.05 Å². The van der Waals surface area contributed by atoms with Crippen LogP contribution in [-0.2, 0) is 7.05 Å². The highest BCUT2D eigenvalue weighted by Crippen LogP contribution is 2.35. The molecule has 0 atom stereocenters. The van der Waals surface area contributed by atoms with Gasteiger partial charge in [-0.05, 0) is 66.4 Å². The molecular formula is C26H30N+. The second-order valence-electron chi connectivity index (χ2n) is 7.65. The number of benzene rings is 2. The largest absolute Gasteiger partial charge is 0.212 e. The lowest BCUT2D eigenvalue weighted by Crippen LogP contribution is -2.31. The van der Waals surface area contributed by atoms with E-state index in [9.17, 15) is 0 Å². The standard InChI is InChI=1S/C26H30N/c1-19-16-20(2)25(18-24(19)22-12-8-5-9-13-22)26-17-23(14-15-27(26)3)21-10-6-4-7-11-21/h5,8-9,12-18,21H,4,6-7,10-11H2,1-3H3/q+1/i1D3,21D. The van der Waals surface area contributed by atoms with E-state index in [4.69, 9.17) is 5.48 Å². The second-order valence-corrected chi connectivity index (χ2v) is 7.65. The van der Waals surface area contributed by atoms with Crippen LogP contribution in [0.25, 0.3) is 22.4 Å². The summed E-state index contributed by atoms with van der Waals surface area (Å²) < 4.78 is 35.3. The van der Waals surface area contributed by atoms with Gasteiger partial charge in [0.25, 0.3) is 0 Å². The molecule has 138 valence electrons. The molecule has 1 aliphatic carbocycles. The summed E-state index contributed by atoms with van der Waals surface area (Å²) in [4.78, 5) is 0. The maximum atomic E-state index is 9.05. The van der Waals surface area contributed by atoms with Crippen molar-refractivity contribution >= 4 is 0 Å². The lowest BCUT2D eigenvalue weighted by atomic mass is 9.83. The van der Waals surface area contributed by atoms with E-state index in [1.807, 2.05) is 62.6 Å². The average molecular weight is 361 g/mol. The molecule has 0 radical (unpaired) electrons. The molecule has 1 aliphatic rings. The molecule has 1 saturated carbocycles. The van der Waals surface area contributed by atoms with Gasteiger partial charge >= 0.3 is 0 Å². The first-order chi connectivity index (χ1) is 14.7. The zero-order valence-electron chi connectivity index (χ0n) is 20.3. The molecule has 0 aliphatic heterocycles. The van der Waals surface area contributed by atoms with Crippen molar-refractivity contribution < 1.29 is 10.1 Å². The van der Waals surface area contributed by atoms with Crippen LogP contribution in [0, 0.1) is 13.8 Å². The van der Waals surface area contributed by atoms with E-state index in [1.54, 1.807) is 0 Å². The second kappa shape index (κ2) is 7.68. The van der Waals surface area contributed by atoms with E-state index in [2.05, 4.69) is 16.7 Å². The first-order valence-electron chi connectivity index (χ1n) is 11.9.